The number of hydrogen-bond acceptors (Lipinski definition) is 5. The molecule has 0 aromatic carbocycles. The summed E-state index contributed by atoms with van der Waals surface area (Å²) < 4.78 is 62.1. The Morgan fingerprint density at radius 1 is 1.06 bits per heavy atom. The Morgan fingerprint density at radius 3 is 1.56 bits per heavy atom. The van der Waals surface area contributed by atoms with Gasteiger partial charge in [-0.2, -0.15) is 21.1 Å². The summed E-state index contributed by atoms with van der Waals surface area (Å²) in [7, 11) is -7.63. The van der Waals surface area contributed by atoms with Crippen molar-refractivity contribution in [1.29, 1.82) is 0 Å². The van der Waals surface area contributed by atoms with Crippen LogP contribution in [0.2, 0.25) is 0 Å². The van der Waals surface area contributed by atoms with E-state index in [1.165, 1.54) is 6.92 Å². The Balaban J connectivity index is 0. The highest BCUT2D eigenvalue weighted by Crippen LogP contribution is 2.00. The summed E-state index contributed by atoms with van der Waals surface area (Å²) in [5, 5.41) is 0. The molecule has 0 unspecified atom stereocenters. The smallest absolute Gasteiger partial charge is 0.336 e. The maximum atomic E-state index is 10.4. The van der Waals surface area contributed by atoms with E-state index in [2.05, 4.69) is 0 Å². The average molecular weight is 307 g/mol. The predicted molar refractivity (Wildman–Crippen MR) is 67.4 cm³/mol. The minimum Gasteiger partial charge on any atom is -0.379 e. The molecule has 0 amide bonds. The van der Waals surface area contributed by atoms with Crippen molar-refractivity contribution in [3.8, 4) is 0 Å². The molecular weight excluding hydrogens is 286 g/mol. The van der Waals surface area contributed by atoms with Crippen LogP contribution in [0.3, 0.4) is 0 Å². The van der Waals surface area contributed by atoms with Crippen molar-refractivity contribution >= 4 is 20.4 Å². The molecule has 0 aromatic rings. The third-order valence-electron chi connectivity index (χ3n) is 1.66. The molecule has 1 rings (SSSR count). The van der Waals surface area contributed by atoms with E-state index in [1.54, 1.807) is 0 Å². The zero-order valence-corrected chi connectivity index (χ0v) is 12.4. The van der Waals surface area contributed by atoms with Crippen molar-refractivity contribution in [1.82, 2.24) is 4.31 Å². The Kier molecular flexibility index (Phi) is 10.7. The second kappa shape index (κ2) is 9.64. The molecule has 0 radical (unpaired) electrons. The fraction of sp³-hybridized carbons (Fsp3) is 1.00. The van der Waals surface area contributed by atoms with Gasteiger partial charge in [-0.1, -0.05) is 13.8 Å². The zero-order chi connectivity index (χ0) is 14.8. The van der Waals surface area contributed by atoms with Gasteiger partial charge in [0.15, 0.2) is 0 Å². The number of rotatable bonds is 2. The van der Waals surface area contributed by atoms with Crippen LogP contribution in [-0.4, -0.2) is 62.3 Å². The number of morpholine rings is 1. The molecule has 0 atom stereocenters. The van der Waals surface area contributed by atoms with Crippen molar-refractivity contribution in [2.75, 3.05) is 32.1 Å². The van der Waals surface area contributed by atoms with Crippen LogP contribution in [0.5, 0.6) is 0 Å². The second-order valence-corrected chi connectivity index (χ2v) is 6.01. The Hall–Kier alpha value is -0.260. The summed E-state index contributed by atoms with van der Waals surface area (Å²) in [5.41, 5.74) is 0. The van der Waals surface area contributed by atoms with E-state index < -0.39 is 20.4 Å². The van der Waals surface area contributed by atoms with Gasteiger partial charge >= 0.3 is 10.3 Å². The molecule has 0 aromatic heterocycles. The standard InChI is InChI=1S/C4H9NO4S.C2H6O3S.C2H6/c6-10(7,8)5-1-3-9-4-2-5;1-2-6(3,4)5;1-2/h1-4H2,(H,6,7,8);2H2,1H3,(H,3,4,5);1-2H3. The quantitative estimate of drug-likeness (QED) is 0.691. The highest BCUT2D eigenvalue weighted by Gasteiger charge is 2.20. The number of nitrogens with zero attached hydrogens (tertiary/aromatic N) is 1. The van der Waals surface area contributed by atoms with Gasteiger partial charge in [0.05, 0.1) is 19.0 Å². The molecule has 0 spiro atoms. The van der Waals surface area contributed by atoms with Crippen LogP contribution in [-0.2, 0) is 25.2 Å². The van der Waals surface area contributed by atoms with E-state index in [0.29, 0.717) is 13.2 Å². The molecule has 1 fully saturated rings. The van der Waals surface area contributed by atoms with Gasteiger partial charge in [-0.3, -0.25) is 9.11 Å². The van der Waals surface area contributed by atoms with Crippen LogP contribution in [0.15, 0.2) is 0 Å². The Morgan fingerprint density at radius 2 is 1.39 bits per heavy atom. The first-order valence-electron chi connectivity index (χ1n) is 5.42. The van der Waals surface area contributed by atoms with Crippen molar-refractivity contribution in [2.45, 2.75) is 20.8 Å². The molecule has 1 aliphatic rings. The summed E-state index contributed by atoms with van der Waals surface area (Å²) in [6.45, 7) is 6.59. The Labute approximate surface area is 109 Å². The molecule has 112 valence electrons. The fourth-order valence-electron chi connectivity index (χ4n) is 0.777. The lowest BCUT2D eigenvalue weighted by Gasteiger charge is -2.22. The average Bonchev–Trinajstić information content (AvgIpc) is 2.32. The van der Waals surface area contributed by atoms with E-state index in [1.807, 2.05) is 13.8 Å². The van der Waals surface area contributed by atoms with Crippen molar-refractivity contribution in [3.05, 3.63) is 0 Å². The summed E-state index contributed by atoms with van der Waals surface area (Å²) >= 11 is 0. The normalized spacial score (nSPS) is 16.9. The lowest BCUT2D eigenvalue weighted by atomic mass is 10.5. The molecule has 8 nitrogen and oxygen atoms in total. The van der Waals surface area contributed by atoms with Gasteiger partial charge in [-0.15, -0.1) is 0 Å². The summed E-state index contributed by atoms with van der Waals surface area (Å²) in [4.78, 5) is 0. The molecule has 0 bridgehead atoms. The van der Waals surface area contributed by atoms with Crippen LogP contribution >= 0.6 is 0 Å². The molecule has 1 saturated heterocycles. The van der Waals surface area contributed by atoms with E-state index in [-0.39, 0.29) is 18.8 Å². The minimum absolute atomic E-state index is 0.201. The Bertz CT molecular complexity index is 384. The first-order chi connectivity index (χ1) is 8.17. The van der Waals surface area contributed by atoms with E-state index in [4.69, 9.17) is 13.8 Å². The van der Waals surface area contributed by atoms with Crippen molar-refractivity contribution in [2.24, 2.45) is 0 Å². The van der Waals surface area contributed by atoms with Gasteiger partial charge in [0.1, 0.15) is 0 Å². The van der Waals surface area contributed by atoms with Crippen molar-refractivity contribution < 1.29 is 30.7 Å². The van der Waals surface area contributed by atoms with Crippen LogP contribution in [0.25, 0.3) is 0 Å². The molecule has 0 aliphatic carbocycles. The molecule has 10 heteroatoms. The van der Waals surface area contributed by atoms with Gasteiger partial charge < -0.3 is 4.74 Å². The molecule has 2 N–H and O–H groups in total. The topological polar surface area (TPSA) is 121 Å². The SMILES string of the molecule is CC.CCS(=O)(=O)O.O=S(=O)(O)N1CCOCC1. The zero-order valence-electron chi connectivity index (χ0n) is 10.7. The first-order valence-corrected chi connectivity index (χ1v) is 8.43. The summed E-state index contributed by atoms with van der Waals surface area (Å²) in [6.07, 6.45) is 0. The molecule has 18 heavy (non-hydrogen) atoms. The van der Waals surface area contributed by atoms with E-state index >= 15 is 0 Å². The third kappa shape index (κ3) is 12.2. The predicted octanol–water partition coefficient (Wildman–Crippen LogP) is 0.0417. The molecular formula is C8H21NO7S2. The van der Waals surface area contributed by atoms with E-state index in [9.17, 15) is 16.8 Å². The molecule has 1 aliphatic heterocycles. The lowest BCUT2D eigenvalue weighted by Crippen LogP contribution is -2.40. The summed E-state index contributed by atoms with van der Waals surface area (Å²) in [5.74, 6) is -0.201. The van der Waals surface area contributed by atoms with Crippen LogP contribution < -0.4 is 0 Å². The number of ether oxygens (including phenoxy) is 1. The van der Waals surface area contributed by atoms with Crippen LogP contribution in [0, 0.1) is 0 Å². The molecule has 0 saturated carbocycles. The fourth-order valence-corrected chi connectivity index (χ4v) is 1.39. The lowest BCUT2D eigenvalue weighted by molar-refractivity contribution is 0.0693. The monoisotopic (exact) mass is 307 g/mol. The van der Waals surface area contributed by atoms with E-state index in [0.717, 1.165) is 4.31 Å². The minimum atomic E-state index is -3.97. The summed E-state index contributed by atoms with van der Waals surface area (Å²) in [6, 6.07) is 0. The maximum Gasteiger partial charge on any atom is 0.336 e. The van der Waals surface area contributed by atoms with Gasteiger partial charge in [-0.05, 0) is 6.92 Å². The largest absolute Gasteiger partial charge is 0.379 e. The molecule has 1 heterocycles. The van der Waals surface area contributed by atoms with Gasteiger partial charge in [0.25, 0.3) is 10.1 Å². The van der Waals surface area contributed by atoms with Crippen LogP contribution in [0.4, 0.5) is 0 Å². The highest BCUT2D eigenvalue weighted by atomic mass is 32.2. The van der Waals surface area contributed by atoms with Gasteiger partial charge in [0, 0.05) is 13.1 Å². The van der Waals surface area contributed by atoms with Crippen LogP contribution in [0.1, 0.15) is 20.8 Å². The first kappa shape index (κ1) is 20.1. The van der Waals surface area contributed by atoms with Crippen molar-refractivity contribution in [3.63, 3.8) is 0 Å². The third-order valence-corrected chi connectivity index (χ3v) is 3.41. The van der Waals surface area contributed by atoms with Gasteiger partial charge in [0.2, 0.25) is 0 Å². The van der Waals surface area contributed by atoms with Gasteiger partial charge in [-0.25, -0.2) is 0 Å². The highest BCUT2D eigenvalue weighted by molar-refractivity contribution is 7.85. The number of hydrogen-bond donors (Lipinski definition) is 2. The maximum absolute atomic E-state index is 10.4. The second-order valence-electron chi connectivity index (χ2n) is 2.86.